The number of nitrogens with one attached hydrogen (secondary N) is 2. The SMILES string of the molecule is COc1ccc(OCCNC(=O)NCc2ccnc(N3CCCCC3)c2)cc1. The molecule has 1 aromatic heterocycles. The predicted molar refractivity (Wildman–Crippen MR) is 109 cm³/mol. The van der Waals surface area contributed by atoms with Crippen LogP contribution in [-0.4, -0.2) is 44.4 Å². The molecule has 7 heteroatoms. The van der Waals surface area contributed by atoms with Gasteiger partial charge in [-0.2, -0.15) is 0 Å². The molecular formula is C21H28N4O3. The van der Waals surface area contributed by atoms with Gasteiger partial charge in [-0.3, -0.25) is 0 Å². The van der Waals surface area contributed by atoms with Crippen LogP contribution >= 0.6 is 0 Å². The molecule has 2 aromatic rings. The van der Waals surface area contributed by atoms with Crippen LogP contribution in [0, 0.1) is 0 Å². The number of hydrogen-bond acceptors (Lipinski definition) is 5. The largest absolute Gasteiger partial charge is 0.497 e. The van der Waals surface area contributed by atoms with Gasteiger partial charge in [0.05, 0.1) is 13.7 Å². The fraction of sp³-hybridized carbons (Fsp3) is 0.429. The van der Waals surface area contributed by atoms with Crippen molar-refractivity contribution >= 4 is 11.8 Å². The molecule has 2 N–H and O–H groups in total. The van der Waals surface area contributed by atoms with E-state index in [-0.39, 0.29) is 6.03 Å². The van der Waals surface area contributed by atoms with E-state index < -0.39 is 0 Å². The Balaban J connectivity index is 1.36. The number of nitrogens with zero attached hydrogens (tertiary/aromatic N) is 2. The lowest BCUT2D eigenvalue weighted by atomic mass is 10.1. The molecule has 0 radical (unpaired) electrons. The molecule has 2 amide bonds. The third-order valence-electron chi connectivity index (χ3n) is 4.66. The number of rotatable bonds is 8. The molecule has 28 heavy (non-hydrogen) atoms. The molecule has 0 bridgehead atoms. The van der Waals surface area contributed by atoms with Crippen LogP contribution in [0.5, 0.6) is 11.5 Å². The minimum absolute atomic E-state index is 0.213. The van der Waals surface area contributed by atoms with Crippen molar-refractivity contribution in [3.05, 3.63) is 48.2 Å². The number of benzene rings is 1. The molecular weight excluding hydrogens is 356 g/mol. The second-order valence-corrected chi connectivity index (χ2v) is 6.70. The molecule has 0 aliphatic carbocycles. The molecule has 2 heterocycles. The monoisotopic (exact) mass is 384 g/mol. The maximum atomic E-state index is 12.0. The number of urea groups is 1. The number of methoxy groups -OCH3 is 1. The second-order valence-electron chi connectivity index (χ2n) is 6.70. The fourth-order valence-electron chi connectivity index (χ4n) is 3.12. The zero-order valence-corrected chi connectivity index (χ0v) is 16.3. The van der Waals surface area contributed by atoms with Crippen molar-refractivity contribution in [2.75, 3.05) is 38.3 Å². The van der Waals surface area contributed by atoms with Crippen LogP contribution in [0.15, 0.2) is 42.6 Å². The van der Waals surface area contributed by atoms with Gasteiger partial charge in [0.15, 0.2) is 0 Å². The summed E-state index contributed by atoms with van der Waals surface area (Å²) < 4.78 is 10.7. The highest BCUT2D eigenvalue weighted by molar-refractivity contribution is 5.73. The minimum Gasteiger partial charge on any atom is -0.497 e. The Labute approximate surface area is 166 Å². The van der Waals surface area contributed by atoms with Crippen LogP contribution in [0.2, 0.25) is 0 Å². The summed E-state index contributed by atoms with van der Waals surface area (Å²) in [5.74, 6) is 2.52. The van der Waals surface area contributed by atoms with E-state index in [4.69, 9.17) is 9.47 Å². The van der Waals surface area contributed by atoms with Crippen molar-refractivity contribution in [1.29, 1.82) is 0 Å². The Kier molecular flexibility index (Phi) is 7.35. The zero-order chi connectivity index (χ0) is 19.6. The first-order valence-electron chi connectivity index (χ1n) is 9.73. The summed E-state index contributed by atoms with van der Waals surface area (Å²) in [5, 5.41) is 5.67. The predicted octanol–water partition coefficient (Wildman–Crippen LogP) is 2.96. The van der Waals surface area contributed by atoms with E-state index in [1.807, 2.05) is 36.5 Å². The van der Waals surface area contributed by atoms with E-state index >= 15 is 0 Å². The van der Waals surface area contributed by atoms with E-state index in [0.29, 0.717) is 19.7 Å². The van der Waals surface area contributed by atoms with Crippen molar-refractivity contribution in [1.82, 2.24) is 15.6 Å². The third-order valence-corrected chi connectivity index (χ3v) is 4.66. The average Bonchev–Trinajstić information content (AvgIpc) is 2.76. The van der Waals surface area contributed by atoms with Crippen molar-refractivity contribution < 1.29 is 14.3 Å². The van der Waals surface area contributed by atoms with Crippen LogP contribution < -0.4 is 25.0 Å². The smallest absolute Gasteiger partial charge is 0.315 e. The number of ether oxygens (including phenoxy) is 2. The Morgan fingerprint density at radius 1 is 1.07 bits per heavy atom. The summed E-state index contributed by atoms with van der Waals surface area (Å²) >= 11 is 0. The van der Waals surface area contributed by atoms with E-state index in [2.05, 4.69) is 26.6 Å². The highest BCUT2D eigenvalue weighted by Gasteiger charge is 2.12. The van der Waals surface area contributed by atoms with Crippen LogP contribution in [0.4, 0.5) is 10.6 Å². The lowest BCUT2D eigenvalue weighted by Gasteiger charge is -2.27. The third kappa shape index (κ3) is 6.04. The van der Waals surface area contributed by atoms with Gasteiger partial charge in [0, 0.05) is 25.8 Å². The molecule has 7 nitrogen and oxygen atoms in total. The minimum atomic E-state index is -0.213. The summed E-state index contributed by atoms with van der Waals surface area (Å²) in [4.78, 5) is 18.8. The van der Waals surface area contributed by atoms with Gasteiger partial charge in [-0.1, -0.05) is 0 Å². The first-order valence-corrected chi connectivity index (χ1v) is 9.73. The molecule has 0 unspecified atom stereocenters. The van der Waals surface area contributed by atoms with Crippen LogP contribution in [-0.2, 0) is 6.54 Å². The number of piperidine rings is 1. The van der Waals surface area contributed by atoms with E-state index in [1.165, 1.54) is 19.3 Å². The first-order chi connectivity index (χ1) is 13.7. The zero-order valence-electron chi connectivity index (χ0n) is 16.3. The summed E-state index contributed by atoms with van der Waals surface area (Å²) in [5.41, 5.74) is 1.04. The number of carbonyl (C=O) groups is 1. The van der Waals surface area contributed by atoms with E-state index in [1.54, 1.807) is 7.11 Å². The van der Waals surface area contributed by atoms with Gasteiger partial charge in [0.1, 0.15) is 23.9 Å². The van der Waals surface area contributed by atoms with Gasteiger partial charge in [-0.25, -0.2) is 9.78 Å². The maximum Gasteiger partial charge on any atom is 0.315 e. The second kappa shape index (κ2) is 10.4. The Morgan fingerprint density at radius 3 is 2.57 bits per heavy atom. The normalized spacial score (nSPS) is 13.7. The number of hydrogen-bond donors (Lipinski definition) is 2. The van der Waals surface area contributed by atoms with Gasteiger partial charge in [-0.15, -0.1) is 0 Å². The quantitative estimate of drug-likeness (QED) is 0.685. The Hall–Kier alpha value is -2.96. The summed E-state index contributed by atoms with van der Waals surface area (Å²) in [7, 11) is 1.62. The van der Waals surface area contributed by atoms with Crippen molar-refractivity contribution in [2.24, 2.45) is 0 Å². The van der Waals surface area contributed by atoms with Gasteiger partial charge < -0.3 is 25.0 Å². The number of pyridine rings is 1. The number of amides is 2. The molecule has 1 aliphatic rings. The van der Waals surface area contributed by atoms with E-state index in [0.717, 1.165) is 36.0 Å². The molecule has 1 aromatic carbocycles. The van der Waals surface area contributed by atoms with Crippen LogP contribution in [0.25, 0.3) is 0 Å². The fourth-order valence-corrected chi connectivity index (χ4v) is 3.12. The standard InChI is InChI=1S/C21H28N4O3/c1-27-18-5-7-19(8-6-18)28-14-11-23-21(26)24-16-17-9-10-22-20(15-17)25-12-3-2-4-13-25/h5-10,15H,2-4,11-14,16H2,1H3,(H2,23,24,26). The molecule has 1 saturated heterocycles. The van der Waals surface area contributed by atoms with Gasteiger partial charge in [0.2, 0.25) is 0 Å². The summed E-state index contributed by atoms with van der Waals surface area (Å²) in [6, 6.07) is 11.1. The summed E-state index contributed by atoms with van der Waals surface area (Å²) in [6.07, 6.45) is 5.53. The average molecular weight is 384 g/mol. The number of carbonyl (C=O) groups excluding carboxylic acids is 1. The molecule has 3 rings (SSSR count). The summed E-state index contributed by atoms with van der Waals surface area (Å²) in [6.45, 7) is 3.40. The highest BCUT2D eigenvalue weighted by atomic mass is 16.5. The molecule has 1 fully saturated rings. The Bertz CT molecular complexity index is 746. The van der Waals surface area contributed by atoms with Gasteiger partial charge in [0.25, 0.3) is 0 Å². The van der Waals surface area contributed by atoms with Gasteiger partial charge >= 0.3 is 6.03 Å². The highest BCUT2D eigenvalue weighted by Crippen LogP contribution is 2.18. The van der Waals surface area contributed by atoms with Crippen LogP contribution in [0.3, 0.4) is 0 Å². The van der Waals surface area contributed by atoms with Crippen molar-refractivity contribution in [2.45, 2.75) is 25.8 Å². The van der Waals surface area contributed by atoms with Crippen molar-refractivity contribution in [3.8, 4) is 11.5 Å². The molecule has 1 aliphatic heterocycles. The number of aromatic nitrogens is 1. The van der Waals surface area contributed by atoms with Gasteiger partial charge in [-0.05, 0) is 61.2 Å². The van der Waals surface area contributed by atoms with Crippen LogP contribution in [0.1, 0.15) is 24.8 Å². The molecule has 0 saturated carbocycles. The van der Waals surface area contributed by atoms with Crippen molar-refractivity contribution in [3.63, 3.8) is 0 Å². The molecule has 0 atom stereocenters. The topological polar surface area (TPSA) is 75.7 Å². The Morgan fingerprint density at radius 2 is 1.82 bits per heavy atom. The van der Waals surface area contributed by atoms with E-state index in [9.17, 15) is 4.79 Å². The first kappa shape index (κ1) is 19.8. The lowest BCUT2D eigenvalue weighted by molar-refractivity contribution is 0.236. The molecule has 0 spiro atoms. The number of anilines is 1. The molecule has 150 valence electrons. The lowest BCUT2D eigenvalue weighted by Crippen LogP contribution is -2.37. The maximum absolute atomic E-state index is 12.0.